The largest absolute Gasteiger partial charge is 0.457 e. The molecule has 0 saturated carbocycles. The lowest BCUT2D eigenvalue weighted by Gasteiger charge is -2.42. The van der Waals surface area contributed by atoms with Crippen molar-refractivity contribution < 1.29 is 9.53 Å². The number of piperazine rings is 1. The summed E-state index contributed by atoms with van der Waals surface area (Å²) >= 11 is 0. The molecule has 228 valence electrons. The first-order valence-electron chi connectivity index (χ1n) is 14.7. The van der Waals surface area contributed by atoms with Crippen LogP contribution in [0, 0.1) is 11.3 Å². The number of hydrogen-bond donors (Lipinski definition) is 2. The summed E-state index contributed by atoms with van der Waals surface area (Å²) in [6.45, 7) is 11.0. The topological polar surface area (TPSA) is 147 Å². The molecule has 0 radical (unpaired) electrons. The van der Waals surface area contributed by atoms with Crippen molar-refractivity contribution in [1.82, 2.24) is 34.2 Å². The van der Waals surface area contributed by atoms with E-state index < -0.39 is 11.4 Å². The summed E-state index contributed by atoms with van der Waals surface area (Å²) in [5.74, 6) is 0.960. The Bertz CT molecular complexity index is 1740. The number of aromatic nitrogens is 4. The van der Waals surface area contributed by atoms with Crippen molar-refractivity contribution >= 4 is 22.9 Å². The van der Waals surface area contributed by atoms with E-state index in [0.29, 0.717) is 28.4 Å². The number of ether oxygens (including phenoxy) is 1. The number of nitrogen functional groups attached to an aromatic ring is 1. The average Bonchev–Trinajstić information content (AvgIpc) is 3.32. The summed E-state index contributed by atoms with van der Waals surface area (Å²) in [5, 5.41) is 12.6. The Morgan fingerprint density at radius 3 is 2.41 bits per heavy atom. The summed E-state index contributed by atoms with van der Waals surface area (Å²) in [7, 11) is 0. The van der Waals surface area contributed by atoms with Gasteiger partial charge < -0.3 is 20.7 Å². The molecule has 1 aliphatic heterocycles. The Morgan fingerprint density at radius 1 is 1.07 bits per heavy atom. The lowest BCUT2D eigenvalue weighted by molar-refractivity contribution is -0.117. The molecule has 1 aliphatic rings. The van der Waals surface area contributed by atoms with E-state index in [1.807, 2.05) is 44.2 Å². The van der Waals surface area contributed by atoms with Crippen molar-refractivity contribution in [1.29, 1.82) is 5.26 Å². The molecule has 3 N–H and O–H groups in total. The number of amides is 1. The smallest absolute Gasteiger partial charge is 0.335 e. The number of imidazole rings is 1. The predicted molar refractivity (Wildman–Crippen MR) is 169 cm³/mol. The van der Waals surface area contributed by atoms with Crippen LogP contribution in [0.5, 0.6) is 11.5 Å². The highest BCUT2D eigenvalue weighted by atomic mass is 16.5. The van der Waals surface area contributed by atoms with Gasteiger partial charge in [0.25, 0.3) is 5.91 Å². The zero-order valence-electron chi connectivity index (χ0n) is 25.2. The Balaban J connectivity index is 1.32. The van der Waals surface area contributed by atoms with Crippen LogP contribution in [0.1, 0.15) is 20.8 Å². The highest BCUT2D eigenvalue weighted by Gasteiger charge is 2.29. The number of carbonyl (C=O) groups is 1. The van der Waals surface area contributed by atoms with Crippen molar-refractivity contribution in [3.63, 3.8) is 0 Å². The van der Waals surface area contributed by atoms with Gasteiger partial charge in [-0.15, -0.1) is 0 Å². The molecule has 0 atom stereocenters. The SMILES string of the molecule is CCN1CCN(C(C)(C)/C=C(\C#N)C(=O)NCCn2c(=O)n(-c3ccc(Oc4ccccc4)cc3)c3c(N)ncnc32)CC1. The van der Waals surface area contributed by atoms with Crippen molar-refractivity contribution in [3.05, 3.63) is 83.1 Å². The molecule has 1 amide bonds. The maximum absolute atomic E-state index is 13.7. The molecule has 4 aromatic rings. The van der Waals surface area contributed by atoms with Gasteiger partial charge in [0.2, 0.25) is 0 Å². The number of hydrogen-bond acceptors (Lipinski definition) is 9. The second-order valence-corrected chi connectivity index (χ2v) is 11.1. The van der Waals surface area contributed by atoms with E-state index in [-0.39, 0.29) is 30.2 Å². The third-order valence-electron chi connectivity index (χ3n) is 7.92. The van der Waals surface area contributed by atoms with E-state index in [2.05, 4.69) is 38.1 Å². The molecule has 0 aliphatic carbocycles. The third-order valence-corrected chi connectivity index (χ3v) is 7.92. The fourth-order valence-electron chi connectivity index (χ4n) is 5.44. The van der Waals surface area contributed by atoms with Gasteiger partial charge in [-0.3, -0.25) is 18.8 Å². The van der Waals surface area contributed by atoms with E-state index in [1.165, 1.54) is 15.5 Å². The summed E-state index contributed by atoms with van der Waals surface area (Å²) in [5.41, 5.74) is 6.65. The van der Waals surface area contributed by atoms with Crippen LogP contribution in [0.15, 0.2) is 77.4 Å². The first-order valence-corrected chi connectivity index (χ1v) is 14.7. The summed E-state index contributed by atoms with van der Waals surface area (Å²) in [6.07, 6.45) is 3.02. The van der Waals surface area contributed by atoms with Crippen molar-refractivity contribution in [2.45, 2.75) is 32.9 Å². The van der Waals surface area contributed by atoms with E-state index in [4.69, 9.17) is 10.5 Å². The first-order chi connectivity index (χ1) is 21.2. The molecular formula is C32H37N9O3. The summed E-state index contributed by atoms with van der Waals surface area (Å²) in [4.78, 5) is 39.8. The number of nitrogens with two attached hydrogens (primary N) is 1. The third kappa shape index (κ3) is 6.49. The van der Waals surface area contributed by atoms with Crippen LogP contribution in [-0.2, 0) is 11.3 Å². The maximum atomic E-state index is 13.7. The van der Waals surface area contributed by atoms with Gasteiger partial charge in [-0.1, -0.05) is 25.1 Å². The number of para-hydroxylation sites is 1. The molecular weight excluding hydrogens is 558 g/mol. The van der Waals surface area contributed by atoms with E-state index >= 15 is 0 Å². The highest BCUT2D eigenvalue weighted by molar-refractivity contribution is 5.97. The van der Waals surface area contributed by atoms with Crippen LogP contribution >= 0.6 is 0 Å². The van der Waals surface area contributed by atoms with Crippen LogP contribution in [0.3, 0.4) is 0 Å². The van der Waals surface area contributed by atoms with E-state index in [0.717, 1.165) is 32.7 Å². The van der Waals surface area contributed by atoms with Gasteiger partial charge in [0, 0.05) is 44.8 Å². The molecule has 2 aromatic heterocycles. The Hall–Kier alpha value is -4.99. The van der Waals surface area contributed by atoms with Crippen LogP contribution in [-0.4, -0.2) is 79.6 Å². The molecule has 0 bridgehead atoms. The van der Waals surface area contributed by atoms with Crippen LogP contribution < -0.4 is 21.5 Å². The molecule has 2 aromatic carbocycles. The second kappa shape index (κ2) is 13.1. The van der Waals surface area contributed by atoms with Gasteiger partial charge in [-0.05, 0) is 62.9 Å². The fraction of sp³-hybridized carbons (Fsp3) is 0.344. The molecule has 12 nitrogen and oxygen atoms in total. The fourth-order valence-corrected chi connectivity index (χ4v) is 5.44. The number of benzene rings is 2. The van der Waals surface area contributed by atoms with Crippen LogP contribution in [0.4, 0.5) is 5.82 Å². The first kappa shape index (κ1) is 30.5. The number of likely N-dealkylation sites (N-methyl/N-ethyl adjacent to an activating group) is 1. The number of fused-ring (bicyclic) bond motifs is 1. The summed E-state index contributed by atoms with van der Waals surface area (Å²) in [6, 6.07) is 18.5. The van der Waals surface area contributed by atoms with Gasteiger partial charge in [0.15, 0.2) is 11.5 Å². The van der Waals surface area contributed by atoms with Crippen molar-refractivity contribution in [3.8, 4) is 23.3 Å². The molecule has 3 heterocycles. The average molecular weight is 596 g/mol. The maximum Gasteiger partial charge on any atom is 0.335 e. The van der Waals surface area contributed by atoms with Gasteiger partial charge in [-0.25, -0.2) is 14.8 Å². The number of rotatable bonds is 10. The van der Waals surface area contributed by atoms with Gasteiger partial charge in [-0.2, -0.15) is 5.26 Å². The van der Waals surface area contributed by atoms with Crippen LogP contribution in [0.2, 0.25) is 0 Å². The van der Waals surface area contributed by atoms with Crippen molar-refractivity contribution in [2.75, 3.05) is 45.0 Å². The zero-order chi connectivity index (χ0) is 31.3. The lowest BCUT2D eigenvalue weighted by atomic mass is 9.97. The number of nitrogens with zero attached hydrogens (tertiary/aromatic N) is 7. The Morgan fingerprint density at radius 2 is 1.75 bits per heavy atom. The Kier molecular flexibility index (Phi) is 9.08. The lowest BCUT2D eigenvalue weighted by Crippen LogP contribution is -2.54. The van der Waals surface area contributed by atoms with E-state index in [9.17, 15) is 14.9 Å². The standard InChI is InChI=1S/C32H37N9O3/c1-4-38-16-18-39(19-17-38)32(2,3)20-23(21-33)30(42)35-14-15-40-29-27(28(34)36-22-37-29)41(31(40)43)24-10-12-26(13-11-24)44-25-8-6-5-7-9-25/h5-13,20,22H,4,14-19H2,1-3H3,(H,35,42)(H2,34,36,37)/b23-20+. The predicted octanol–water partition coefficient (Wildman–Crippen LogP) is 2.94. The molecule has 5 rings (SSSR count). The Labute approximate surface area is 256 Å². The molecule has 12 heteroatoms. The zero-order valence-corrected chi connectivity index (χ0v) is 25.2. The van der Waals surface area contributed by atoms with Crippen molar-refractivity contribution in [2.24, 2.45) is 0 Å². The minimum Gasteiger partial charge on any atom is -0.457 e. The number of anilines is 1. The van der Waals surface area contributed by atoms with Gasteiger partial charge in [0.05, 0.1) is 5.69 Å². The second-order valence-electron chi connectivity index (χ2n) is 11.1. The van der Waals surface area contributed by atoms with Gasteiger partial charge in [0.1, 0.15) is 35.0 Å². The summed E-state index contributed by atoms with van der Waals surface area (Å²) < 4.78 is 8.76. The highest BCUT2D eigenvalue weighted by Crippen LogP contribution is 2.25. The quantitative estimate of drug-likeness (QED) is 0.209. The molecule has 0 unspecified atom stereocenters. The number of nitriles is 1. The number of carbonyl (C=O) groups excluding carboxylic acids is 1. The van der Waals surface area contributed by atoms with Crippen LogP contribution in [0.25, 0.3) is 16.9 Å². The monoisotopic (exact) mass is 595 g/mol. The molecule has 1 saturated heterocycles. The van der Waals surface area contributed by atoms with Gasteiger partial charge >= 0.3 is 5.69 Å². The molecule has 0 spiro atoms. The molecule has 44 heavy (non-hydrogen) atoms. The number of nitrogens with one attached hydrogen (secondary N) is 1. The minimum atomic E-state index is -0.493. The van der Waals surface area contributed by atoms with E-state index in [1.54, 1.807) is 30.3 Å². The normalized spacial score (nSPS) is 14.8. The minimum absolute atomic E-state index is 0.0343. The molecule has 1 fully saturated rings.